The minimum absolute atomic E-state index is 0.116. The molecule has 1 amide bonds. The molecule has 0 radical (unpaired) electrons. The van der Waals surface area contributed by atoms with Crippen LogP contribution in [0.5, 0.6) is 23.3 Å². The average Bonchev–Trinajstić information content (AvgIpc) is 3.05. The molecule has 1 aromatic carbocycles. The number of anilines is 1. The number of nitrogens with zero attached hydrogens (tertiary/aromatic N) is 1. The van der Waals surface area contributed by atoms with Crippen LogP contribution < -0.4 is 19.6 Å². The van der Waals surface area contributed by atoms with Crippen molar-refractivity contribution in [2.45, 2.75) is 32.6 Å². The second-order valence-electron chi connectivity index (χ2n) is 8.42. The van der Waals surface area contributed by atoms with Crippen LogP contribution in [-0.2, 0) is 9.53 Å². The second-order valence-corrected chi connectivity index (χ2v) is 14.0. The lowest BCUT2D eigenvalue weighted by molar-refractivity contribution is -0.140. The molecule has 2 aromatic rings. The van der Waals surface area contributed by atoms with Crippen LogP contribution in [0.15, 0.2) is 29.8 Å². The number of hydrogen-bond acceptors (Lipinski definition) is 8. The Balaban J connectivity index is 2.29. The van der Waals surface area contributed by atoms with E-state index in [9.17, 15) is 19.8 Å². The van der Waals surface area contributed by atoms with Gasteiger partial charge < -0.3 is 29.3 Å². The van der Waals surface area contributed by atoms with Gasteiger partial charge in [-0.05, 0) is 25.1 Å². The Morgan fingerprint density at radius 3 is 2.18 bits per heavy atom. The number of amides is 1. The van der Waals surface area contributed by atoms with Gasteiger partial charge in [-0.2, -0.15) is 0 Å². The van der Waals surface area contributed by atoms with Crippen molar-refractivity contribution in [2.24, 2.45) is 0 Å². The molecule has 0 saturated heterocycles. The van der Waals surface area contributed by atoms with Crippen LogP contribution in [0.2, 0.25) is 25.7 Å². The van der Waals surface area contributed by atoms with Gasteiger partial charge in [0.15, 0.2) is 11.5 Å². The largest absolute Gasteiger partial charge is 0.493 e. The fourth-order valence-electron chi connectivity index (χ4n) is 2.66. The van der Waals surface area contributed by atoms with E-state index >= 15 is 0 Å². The zero-order chi connectivity index (χ0) is 24.8. The maximum Gasteiger partial charge on any atom is 0.411 e. The van der Waals surface area contributed by atoms with E-state index in [4.69, 9.17) is 19.0 Å². The van der Waals surface area contributed by atoms with Crippen LogP contribution in [0, 0.1) is 0 Å². The van der Waals surface area contributed by atoms with Crippen molar-refractivity contribution in [3.05, 3.63) is 35.4 Å². The first kappa shape index (κ1) is 25.7. The molecule has 0 aliphatic rings. The summed E-state index contributed by atoms with van der Waals surface area (Å²) in [7, 11) is 1.56. The molecule has 1 aromatic heterocycles. The van der Waals surface area contributed by atoms with E-state index in [1.54, 1.807) is 12.1 Å². The van der Waals surface area contributed by atoms with Crippen LogP contribution in [0.1, 0.15) is 12.5 Å². The van der Waals surface area contributed by atoms with Gasteiger partial charge in [0.2, 0.25) is 11.8 Å². The third-order valence-corrected chi connectivity index (χ3v) is 6.25. The standard InChI is InChI=1S/C22H30N2O8Si/c1-14(21(27)32-24-19(25)7-8-20(24)26)11-15-12-17(29-2)18(30-3)13-16(15)23-22(28)31-9-10-33(4,5)6/h7-8,11-13,25-26H,9-10H2,1-6H3,(H,23,28). The molecule has 11 heteroatoms. The minimum atomic E-state index is -1.36. The molecule has 33 heavy (non-hydrogen) atoms. The van der Waals surface area contributed by atoms with E-state index in [1.165, 1.54) is 39.4 Å². The van der Waals surface area contributed by atoms with Crippen LogP contribution in [-0.4, -0.2) is 55.9 Å². The quantitative estimate of drug-likeness (QED) is 0.366. The summed E-state index contributed by atoms with van der Waals surface area (Å²) in [5, 5.41) is 22.0. The number of hydrogen-bond donors (Lipinski definition) is 3. The number of benzene rings is 1. The Bertz CT molecular complexity index is 1020. The van der Waals surface area contributed by atoms with E-state index < -0.39 is 31.9 Å². The van der Waals surface area contributed by atoms with Gasteiger partial charge in [-0.25, -0.2) is 9.59 Å². The first-order valence-corrected chi connectivity index (χ1v) is 13.9. The van der Waals surface area contributed by atoms with Crippen molar-refractivity contribution >= 4 is 31.9 Å². The molecule has 0 saturated carbocycles. The normalized spacial score (nSPS) is 11.6. The maximum atomic E-state index is 12.5. The van der Waals surface area contributed by atoms with Crippen molar-refractivity contribution < 1.29 is 38.9 Å². The summed E-state index contributed by atoms with van der Waals surface area (Å²) in [4.78, 5) is 29.8. The monoisotopic (exact) mass is 478 g/mol. The summed E-state index contributed by atoms with van der Waals surface area (Å²) in [6, 6.07) is 6.30. The third kappa shape index (κ3) is 7.21. The van der Waals surface area contributed by atoms with Gasteiger partial charge in [-0.1, -0.05) is 19.6 Å². The average molecular weight is 479 g/mol. The SMILES string of the molecule is COc1cc(C=C(C)C(=O)On2c(O)ccc2O)c(NC(=O)OCC[Si](C)(C)C)cc1OC. The van der Waals surface area contributed by atoms with Crippen LogP contribution in [0.25, 0.3) is 6.08 Å². The number of nitrogens with one attached hydrogen (secondary N) is 1. The van der Waals surface area contributed by atoms with Gasteiger partial charge in [-0.3, -0.25) is 5.32 Å². The van der Waals surface area contributed by atoms with E-state index in [0.717, 1.165) is 6.04 Å². The Hall–Kier alpha value is -3.60. The smallest absolute Gasteiger partial charge is 0.411 e. The number of carbonyl (C=O) groups excluding carboxylic acids is 2. The van der Waals surface area contributed by atoms with Gasteiger partial charge in [0.05, 0.1) is 26.5 Å². The highest BCUT2D eigenvalue weighted by Crippen LogP contribution is 2.34. The van der Waals surface area contributed by atoms with Crippen LogP contribution >= 0.6 is 0 Å². The lowest BCUT2D eigenvalue weighted by Crippen LogP contribution is -2.24. The topological polar surface area (TPSA) is 128 Å². The van der Waals surface area contributed by atoms with Crippen LogP contribution in [0.4, 0.5) is 10.5 Å². The molecular formula is C22H30N2O8Si. The molecule has 1 heterocycles. The fraction of sp³-hybridized carbons (Fsp3) is 0.364. The number of rotatable bonds is 9. The Morgan fingerprint density at radius 1 is 1.06 bits per heavy atom. The molecule has 3 N–H and O–H groups in total. The molecule has 10 nitrogen and oxygen atoms in total. The van der Waals surface area contributed by atoms with E-state index in [0.29, 0.717) is 34.1 Å². The van der Waals surface area contributed by atoms with Gasteiger partial charge in [0, 0.05) is 37.4 Å². The number of aromatic hydroxyl groups is 2. The van der Waals surface area contributed by atoms with Gasteiger partial charge in [0.25, 0.3) is 0 Å². The van der Waals surface area contributed by atoms with Gasteiger partial charge in [0.1, 0.15) is 0 Å². The lowest BCUT2D eigenvalue weighted by atomic mass is 10.1. The summed E-state index contributed by atoms with van der Waals surface area (Å²) in [6.07, 6.45) is 0.817. The number of ether oxygens (including phenoxy) is 3. The molecule has 0 fully saturated rings. The molecule has 2 rings (SSSR count). The molecule has 0 atom stereocenters. The molecule has 0 unspecified atom stereocenters. The zero-order valence-corrected chi connectivity index (χ0v) is 20.6. The van der Waals surface area contributed by atoms with Gasteiger partial charge >= 0.3 is 12.1 Å². The van der Waals surface area contributed by atoms with Gasteiger partial charge in [-0.15, -0.1) is 4.73 Å². The Labute approximate surface area is 193 Å². The first-order valence-electron chi connectivity index (χ1n) is 10.2. The van der Waals surface area contributed by atoms with Crippen molar-refractivity contribution in [1.29, 1.82) is 0 Å². The lowest BCUT2D eigenvalue weighted by Gasteiger charge is -2.17. The fourth-order valence-corrected chi connectivity index (χ4v) is 3.38. The molecule has 0 aliphatic carbocycles. The van der Waals surface area contributed by atoms with E-state index in [-0.39, 0.29) is 5.57 Å². The molecular weight excluding hydrogens is 448 g/mol. The Morgan fingerprint density at radius 2 is 1.64 bits per heavy atom. The highest BCUT2D eigenvalue weighted by atomic mass is 28.3. The summed E-state index contributed by atoms with van der Waals surface area (Å²) in [5.41, 5.74) is 0.861. The second kappa shape index (κ2) is 10.8. The predicted molar refractivity (Wildman–Crippen MR) is 126 cm³/mol. The zero-order valence-electron chi connectivity index (χ0n) is 19.6. The third-order valence-electron chi connectivity index (χ3n) is 4.54. The molecule has 0 bridgehead atoms. The van der Waals surface area contributed by atoms with E-state index in [2.05, 4.69) is 25.0 Å². The number of methoxy groups -OCH3 is 2. The van der Waals surface area contributed by atoms with Crippen molar-refractivity contribution in [3.8, 4) is 23.3 Å². The summed E-state index contributed by atoms with van der Waals surface area (Å²) in [6.45, 7) is 8.32. The minimum Gasteiger partial charge on any atom is -0.493 e. The van der Waals surface area contributed by atoms with Crippen molar-refractivity contribution in [3.63, 3.8) is 0 Å². The van der Waals surface area contributed by atoms with Crippen LogP contribution in [0.3, 0.4) is 0 Å². The predicted octanol–water partition coefficient (Wildman–Crippen LogP) is 3.86. The first-order chi connectivity index (χ1) is 15.4. The number of aromatic nitrogens is 1. The number of carbonyl (C=O) groups is 2. The molecule has 180 valence electrons. The van der Waals surface area contributed by atoms with Crippen molar-refractivity contribution in [1.82, 2.24) is 4.73 Å². The van der Waals surface area contributed by atoms with Crippen molar-refractivity contribution in [2.75, 3.05) is 26.1 Å². The summed E-state index contributed by atoms with van der Waals surface area (Å²) in [5.74, 6) is -0.973. The highest BCUT2D eigenvalue weighted by molar-refractivity contribution is 6.76. The maximum absolute atomic E-state index is 12.5. The summed E-state index contributed by atoms with van der Waals surface area (Å²) >= 11 is 0. The highest BCUT2D eigenvalue weighted by Gasteiger charge is 2.18. The molecule has 0 spiro atoms. The van der Waals surface area contributed by atoms with E-state index in [1.807, 2.05) is 0 Å². The molecule has 0 aliphatic heterocycles. The summed E-state index contributed by atoms with van der Waals surface area (Å²) < 4.78 is 16.5. The Kier molecular flexibility index (Phi) is 8.41.